The highest BCUT2D eigenvalue weighted by Crippen LogP contribution is 2.17. The van der Waals surface area contributed by atoms with E-state index in [9.17, 15) is 13.2 Å². The van der Waals surface area contributed by atoms with Crippen LogP contribution < -0.4 is 10.5 Å². The highest BCUT2D eigenvalue weighted by Gasteiger charge is 2.15. The fourth-order valence-electron chi connectivity index (χ4n) is 1.64. The van der Waals surface area contributed by atoms with E-state index in [0.29, 0.717) is 10.4 Å². The molecule has 1 aromatic heterocycles. The molecule has 0 saturated carbocycles. The van der Waals surface area contributed by atoms with Crippen LogP contribution in [-0.4, -0.2) is 19.3 Å². The van der Waals surface area contributed by atoms with Gasteiger partial charge in [-0.1, -0.05) is 12.1 Å². The average Bonchev–Trinajstić information content (AvgIpc) is 2.91. The molecule has 0 aliphatic carbocycles. The minimum absolute atomic E-state index is 0.0221. The summed E-state index contributed by atoms with van der Waals surface area (Å²) in [6, 6.07) is 5.84. The predicted molar refractivity (Wildman–Crippen MR) is 75.8 cm³/mol. The molecule has 1 unspecified atom stereocenters. The number of aromatic nitrogens is 1. The number of carbonyl (C=O) groups is 1. The number of nitrogens with one attached hydrogen (secondary N) is 1. The first-order valence-electron chi connectivity index (χ1n) is 5.70. The lowest BCUT2D eigenvalue weighted by molar-refractivity contribution is 0.0943. The lowest BCUT2D eigenvalue weighted by atomic mass is 10.1. The molecular formula is C12H13N3O3S2. The van der Waals surface area contributed by atoms with Crippen molar-refractivity contribution in [1.82, 2.24) is 10.3 Å². The molecule has 20 heavy (non-hydrogen) atoms. The second kappa shape index (κ2) is 5.70. The van der Waals surface area contributed by atoms with Crippen LogP contribution in [0.4, 0.5) is 0 Å². The van der Waals surface area contributed by atoms with E-state index < -0.39 is 10.0 Å². The summed E-state index contributed by atoms with van der Waals surface area (Å²) in [7, 11) is -3.75. The summed E-state index contributed by atoms with van der Waals surface area (Å²) in [6.07, 6.45) is 1.48. The van der Waals surface area contributed by atoms with Crippen molar-refractivity contribution in [2.75, 3.05) is 0 Å². The normalized spacial score (nSPS) is 12.9. The van der Waals surface area contributed by atoms with Gasteiger partial charge in [-0.15, -0.1) is 11.3 Å². The molecule has 1 atom stereocenters. The Kier molecular flexibility index (Phi) is 4.17. The molecule has 0 spiro atoms. The number of nitrogens with zero attached hydrogens (tertiary/aromatic N) is 1. The van der Waals surface area contributed by atoms with Crippen LogP contribution in [-0.2, 0) is 10.0 Å². The molecular weight excluding hydrogens is 298 g/mol. The van der Waals surface area contributed by atoms with E-state index in [2.05, 4.69) is 10.3 Å². The number of primary sulfonamides is 1. The minimum atomic E-state index is -3.75. The number of sulfonamides is 1. The van der Waals surface area contributed by atoms with Gasteiger partial charge in [0.25, 0.3) is 5.91 Å². The molecule has 1 aromatic carbocycles. The number of rotatable bonds is 4. The summed E-state index contributed by atoms with van der Waals surface area (Å²) in [5.74, 6) is -0.249. The Hall–Kier alpha value is -1.77. The van der Waals surface area contributed by atoms with Crippen molar-refractivity contribution in [2.45, 2.75) is 17.9 Å². The highest BCUT2D eigenvalue weighted by molar-refractivity contribution is 7.89. The number of amides is 1. The van der Waals surface area contributed by atoms with E-state index in [1.807, 2.05) is 0 Å². The number of benzene rings is 1. The van der Waals surface area contributed by atoms with Crippen LogP contribution in [0.25, 0.3) is 0 Å². The fraction of sp³-hybridized carbons (Fsp3) is 0.167. The Labute approximate surface area is 120 Å². The van der Waals surface area contributed by atoms with Gasteiger partial charge in [-0.2, -0.15) is 0 Å². The van der Waals surface area contributed by atoms with Crippen LogP contribution in [0.2, 0.25) is 0 Å². The third-order valence-corrected chi connectivity index (χ3v) is 4.37. The van der Waals surface area contributed by atoms with Crippen molar-refractivity contribution in [3.63, 3.8) is 0 Å². The minimum Gasteiger partial charge on any atom is -0.345 e. The van der Waals surface area contributed by atoms with E-state index >= 15 is 0 Å². The van der Waals surface area contributed by atoms with Crippen LogP contribution in [0.5, 0.6) is 0 Å². The lowest BCUT2D eigenvalue weighted by Crippen LogP contribution is -2.26. The summed E-state index contributed by atoms with van der Waals surface area (Å²) in [4.78, 5) is 16.2. The molecule has 0 aliphatic heterocycles. The molecule has 8 heteroatoms. The smallest absolute Gasteiger partial charge is 0.263 e. The predicted octanol–water partition coefficient (Wildman–Crippen LogP) is 1.28. The standard InChI is InChI=1S/C12H13N3O3S2/c1-8(15-12(16)11-6-14-7-19-11)9-3-2-4-10(5-9)20(13,17)18/h2-8H,1H3,(H,15,16)(H2,13,17,18). The van der Waals surface area contributed by atoms with Gasteiger partial charge in [-0.25, -0.2) is 13.6 Å². The monoisotopic (exact) mass is 311 g/mol. The van der Waals surface area contributed by atoms with Gasteiger partial charge in [0, 0.05) is 0 Å². The highest BCUT2D eigenvalue weighted by atomic mass is 32.2. The van der Waals surface area contributed by atoms with E-state index in [1.165, 1.54) is 29.7 Å². The van der Waals surface area contributed by atoms with Gasteiger partial charge in [0.2, 0.25) is 10.0 Å². The Morgan fingerprint density at radius 2 is 2.20 bits per heavy atom. The van der Waals surface area contributed by atoms with E-state index in [0.717, 1.165) is 0 Å². The van der Waals surface area contributed by atoms with Gasteiger partial charge in [-0.05, 0) is 24.6 Å². The summed E-state index contributed by atoms with van der Waals surface area (Å²) in [5, 5.41) is 7.86. The molecule has 0 fully saturated rings. The van der Waals surface area contributed by atoms with Crippen LogP contribution in [0.3, 0.4) is 0 Å². The van der Waals surface area contributed by atoms with Crippen LogP contribution >= 0.6 is 11.3 Å². The topological polar surface area (TPSA) is 102 Å². The second-order valence-corrected chi connectivity index (χ2v) is 6.63. The third kappa shape index (κ3) is 3.41. The first kappa shape index (κ1) is 14.6. The maximum atomic E-state index is 11.9. The SMILES string of the molecule is CC(NC(=O)c1cncs1)c1cccc(S(N)(=O)=O)c1. The number of hydrogen-bond acceptors (Lipinski definition) is 5. The van der Waals surface area contributed by atoms with Gasteiger partial charge >= 0.3 is 0 Å². The van der Waals surface area contributed by atoms with Crippen molar-refractivity contribution in [3.8, 4) is 0 Å². The third-order valence-electron chi connectivity index (χ3n) is 2.69. The van der Waals surface area contributed by atoms with E-state index in [-0.39, 0.29) is 16.8 Å². The van der Waals surface area contributed by atoms with E-state index in [4.69, 9.17) is 5.14 Å². The Balaban J connectivity index is 2.18. The van der Waals surface area contributed by atoms with Crippen LogP contribution in [0.15, 0.2) is 40.9 Å². The van der Waals surface area contributed by atoms with Gasteiger partial charge in [0.15, 0.2) is 0 Å². The molecule has 1 amide bonds. The Morgan fingerprint density at radius 3 is 2.80 bits per heavy atom. The maximum absolute atomic E-state index is 11.9. The molecule has 3 N–H and O–H groups in total. The molecule has 0 saturated heterocycles. The van der Waals surface area contributed by atoms with Crippen molar-refractivity contribution in [1.29, 1.82) is 0 Å². The molecule has 1 heterocycles. The van der Waals surface area contributed by atoms with Crippen molar-refractivity contribution in [3.05, 3.63) is 46.4 Å². The fourth-order valence-corrected chi connectivity index (χ4v) is 2.73. The first-order valence-corrected chi connectivity index (χ1v) is 8.12. The van der Waals surface area contributed by atoms with Gasteiger partial charge < -0.3 is 5.32 Å². The number of thiazole rings is 1. The second-order valence-electron chi connectivity index (χ2n) is 4.18. The molecule has 0 bridgehead atoms. The molecule has 6 nitrogen and oxygen atoms in total. The first-order chi connectivity index (χ1) is 9.38. The van der Waals surface area contributed by atoms with Gasteiger partial charge in [0.05, 0.1) is 22.6 Å². The largest absolute Gasteiger partial charge is 0.345 e. The lowest BCUT2D eigenvalue weighted by Gasteiger charge is -2.14. The quantitative estimate of drug-likeness (QED) is 0.888. The average molecular weight is 311 g/mol. The van der Waals surface area contributed by atoms with Crippen LogP contribution in [0.1, 0.15) is 28.2 Å². The summed E-state index contributed by atoms with van der Waals surface area (Å²) < 4.78 is 22.6. The zero-order chi connectivity index (χ0) is 14.8. The zero-order valence-corrected chi connectivity index (χ0v) is 12.2. The van der Waals surface area contributed by atoms with Gasteiger partial charge in [-0.3, -0.25) is 9.78 Å². The van der Waals surface area contributed by atoms with Crippen molar-refractivity contribution < 1.29 is 13.2 Å². The molecule has 0 radical (unpaired) electrons. The Bertz CT molecular complexity index is 711. The van der Waals surface area contributed by atoms with Gasteiger partial charge in [0.1, 0.15) is 4.88 Å². The summed E-state index contributed by atoms with van der Waals surface area (Å²) in [6.45, 7) is 1.77. The number of hydrogen-bond donors (Lipinski definition) is 2. The van der Waals surface area contributed by atoms with Crippen LogP contribution in [0, 0.1) is 0 Å². The summed E-state index contributed by atoms with van der Waals surface area (Å²) >= 11 is 1.24. The summed E-state index contributed by atoms with van der Waals surface area (Å²) in [5.41, 5.74) is 2.23. The zero-order valence-electron chi connectivity index (χ0n) is 10.6. The molecule has 106 valence electrons. The molecule has 0 aliphatic rings. The number of carbonyl (C=O) groups excluding carboxylic acids is 1. The number of nitrogens with two attached hydrogens (primary N) is 1. The maximum Gasteiger partial charge on any atom is 0.263 e. The Morgan fingerprint density at radius 1 is 1.45 bits per heavy atom. The van der Waals surface area contributed by atoms with Crippen molar-refractivity contribution in [2.24, 2.45) is 5.14 Å². The molecule has 2 rings (SSSR count). The van der Waals surface area contributed by atoms with E-state index in [1.54, 1.807) is 24.6 Å². The molecule has 2 aromatic rings. The van der Waals surface area contributed by atoms with Crippen molar-refractivity contribution >= 4 is 27.3 Å².